The molecule has 3 unspecified atom stereocenters. The molecule has 4 N–H and O–H groups in total. The normalized spacial score (nSPS) is 15.4. The van der Waals surface area contributed by atoms with Crippen LogP contribution < -0.4 is 10.6 Å². The molecular weight excluding hydrogens is 431 g/mol. The monoisotopic (exact) mass is 460 g/mol. The van der Waals surface area contributed by atoms with Gasteiger partial charge in [-0.05, 0) is 26.3 Å². The van der Waals surface area contributed by atoms with Gasteiger partial charge in [0.25, 0.3) is 0 Å². The molecule has 0 saturated carbocycles. The summed E-state index contributed by atoms with van der Waals surface area (Å²) < 4.78 is 27.1. The number of nitrogens with one attached hydrogen (secondary N) is 2. The number of phosphoric ester groups is 1. The minimum absolute atomic E-state index is 0.208. The first-order valence-corrected chi connectivity index (χ1v) is 10.9. The van der Waals surface area contributed by atoms with E-state index in [1.54, 1.807) is 51.1 Å². The fourth-order valence-electron chi connectivity index (χ4n) is 2.14. The van der Waals surface area contributed by atoms with Crippen LogP contribution in [0.4, 0.5) is 0 Å². The molecule has 11 nitrogen and oxygen atoms in total. The maximum atomic E-state index is 12.5. The fourth-order valence-corrected chi connectivity index (χ4v) is 2.87. The number of amides is 2. The molecule has 0 aliphatic rings. The van der Waals surface area contributed by atoms with E-state index in [4.69, 9.17) is 13.8 Å². The van der Waals surface area contributed by atoms with Crippen LogP contribution in [-0.4, -0.2) is 58.7 Å². The lowest BCUT2D eigenvalue weighted by Gasteiger charge is -2.25. The lowest BCUT2D eigenvalue weighted by molar-refractivity contribution is -0.144. The van der Waals surface area contributed by atoms with E-state index in [1.807, 2.05) is 0 Å². The Bertz CT molecular complexity index is 795. The van der Waals surface area contributed by atoms with Gasteiger partial charge in [0, 0.05) is 6.92 Å². The number of benzene rings is 1. The highest BCUT2D eigenvalue weighted by molar-refractivity contribution is 7.47. The molecule has 0 radical (unpaired) electrons. The molecule has 3 atom stereocenters. The van der Waals surface area contributed by atoms with Gasteiger partial charge in [-0.3, -0.25) is 18.6 Å². The lowest BCUT2D eigenvalue weighted by Crippen LogP contribution is -2.54. The largest absolute Gasteiger partial charge is 0.480 e. The van der Waals surface area contributed by atoms with Gasteiger partial charge in [0.2, 0.25) is 11.8 Å². The number of aliphatic carboxylic acids is 1. The average molecular weight is 460 g/mol. The number of hydrogen-bond acceptors (Lipinski definition) is 7. The molecule has 0 aliphatic heterocycles. The first-order chi connectivity index (χ1) is 14.3. The smallest absolute Gasteiger partial charge is 0.472 e. The van der Waals surface area contributed by atoms with Crippen LogP contribution >= 0.6 is 7.82 Å². The molecule has 0 heterocycles. The van der Waals surface area contributed by atoms with E-state index in [9.17, 15) is 28.9 Å². The second-order valence-corrected chi connectivity index (χ2v) is 9.05. The molecule has 1 aromatic carbocycles. The van der Waals surface area contributed by atoms with Gasteiger partial charge in [-0.15, -0.1) is 0 Å². The third-order valence-electron chi connectivity index (χ3n) is 3.63. The quantitative estimate of drug-likeness (QED) is 0.336. The number of rotatable bonds is 12. The van der Waals surface area contributed by atoms with Gasteiger partial charge >= 0.3 is 13.8 Å². The first kappa shape index (κ1) is 26.7. The van der Waals surface area contributed by atoms with Gasteiger partial charge in [-0.1, -0.05) is 30.3 Å². The van der Waals surface area contributed by atoms with E-state index in [0.717, 1.165) is 0 Å². The Labute approximate surface area is 180 Å². The summed E-state index contributed by atoms with van der Waals surface area (Å²) >= 11 is 0. The molecule has 0 fully saturated rings. The van der Waals surface area contributed by atoms with Crippen LogP contribution in [0.3, 0.4) is 0 Å². The summed E-state index contributed by atoms with van der Waals surface area (Å²) in [7, 11) is -4.59. The highest BCUT2D eigenvalue weighted by Gasteiger charge is 2.30. The fraction of sp³-hybridized carbons (Fsp3) is 0.526. The number of carboxylic acid groups (broad SMARTS) is 1. The van der Waals surface area contributed by atoms with Gasteiger partial charge in [0.05, 0.1) is 25.4 Å². The zero-order chi connectivity index (χ0) is 23.7. The van der Waals surface area contributed by atoms with E-state index in [1.165, 1.54) is 6.92 Å². The molecule has 0 bridgehead atoms. The van der Waals surface area contributed by atoms with E-state index >= 15 is 0 Å². The molecule has 0 spiro atoms. The molecule has 0 aliphatic carbocycles. The van der Waals surface area contributed by atoms with E-state index in [0.29, 0.717) is 5.56 Å². The number of phosphoric acid groups is 1. The Morgan fingerprint density at radius 1 is 1.03 bits per heavy atom. The Morgan fingerprint density at radius 2 is 1.65 bits per heavy atom. The van der Waals surface area contributed by atoms with Crippen molar-refractivity contribution in [1.29, 1.82) is 0 Å². The van der Waals surface area contributed by atoms with Crippen molar-refractivity contribution in [2.45, 2.75) is 52.0 Å². The van der Waals surface area contributed by atoms with Gasteiger partial charge in [-0.25, -0.2) is 9.36 Å². The second-order valence-electron chi connectivity index (χ2n) is 7.60. The first-order valence-electron chi connectivity index (χ1n) is 9.39. The zero-order valence-corrected chi connectivity index (χ0v) is 18.8. The van der Waals surface area contributed by atoms with Gasteiger partial charge in [-0.2, -0.15) is 0 Å². The topological polar surface area (TPSA) is 160 Å². The highest BCUT2D eigenvalue weighted by Crippen LogP contribution is 2.44. The van der Waals surface area contributed by atoms with Crippen LogP contribution in [0.15, 0.2) is 30.3 Å². The van der Waals surface area contributed by atoms with Crippen LogP contribution in [0.25, 0.3) is 0 Å². The summed E-state index contributed by atoms with van der Waals surface area (Å²) in [6.45, 7) is 5.17. The van der Waals surface area contributed by atoms with Gasteiger partial charge in [0.1, 0.15) is 6.04 Å². The number of carboxylic acids is 1. The summed E-state index contributed by atoms with van der Waals surface area (Å²) in [5, 5.41) is 13.9. The Balaban J connectivity index is 2.69. The summed E-state index contributed by atoms with van der Waals surface area (Å²) in [6.07, 6.45) is 0. The number of carbonyl (C=O) groups is 3. The summed E-state index contributed by atoms with van der Waals surface area (Å²) in [5.74, 6) is -2.88. The van der Waals surface area contributed by atoms with Crippen molar-refractivity contribution in [2.75, 3.05) is 13.2 Å². The molecule has 12 heteroatoms. The molecule has 174 valence electrons. The number of hydrogen-bond donors (Lipinski definition) is 4. The SMILES string of the molecule is CC(=O)NC(COC(C)(C)C)C(=O)NC(COP(=O)(O)OCc1ccccc1)C(=O)O. The van der Waals surface area contributed by atoms with E-state index < -0.39 is 49.9 Å². The van der Waals surface area contributed by atoms with Crippen LogP contribution in [0.1, 0.15) is 33.3 Å². The second kappa shape index (κ2) is 11.9. The van der Waals surface area contributed by atoms with Crippen LogP contribution in [-0.2, 0) is 39.3 Å². The van der Waals surface area contributed by atoms with Gasteiger partial charge < -0.3 is 25.4 Å². The lowest BCUT2D eigenvalue weighted by atomic mass is 10.2. The van der Waals surface area contributed by atoms with Crippen LogP contribution in [0.5, 0.6) is 0 Å². The van der Waals surface area contributed by atoms with Gasteiger partial charge in [0.15, 0.2) is 6.04 Å². The third-order valence-corrected chi connectivity index (χ3v) is 4.56. The summed E-state index contributed by atoms with van der Waals surface area (Å²) in [6, 6.07) is 5.69. The maximum absolute atomic E-state index is 12.5. The molecule has 1 aromatic rings. The van der Waals surface area contributed by atoms with Crippen molar-refractivity contribution < 1.29 is 42.7 Å². The Kier molecular flexibility index (Phi) is 10.3. The summed E-state index contributed by atoms with van der Waals surface area (Å²) in [5.41, 5.74) is 0.00631. The molecule has 2 amide bonds. The molecule has 0 aromatic heterocycles. The van der Waals surface area contributed by atoms with E-state index in [2.05, 4.69) is 10.6 Å². The average Bonchev–Trinajstić information content (AvgIpc) is 2.66. The van der Waals surface area contributed by atoms with Crippen LogP contribution in [0.2, 0.25) is 0 Å². The van der Waals surface area contributed by atoms with Crippen molar-refractivity contribution in [3.63, 3.8) is 0 Å². The van der Waals surface area contributed by atoms with Crippen molar-refractivity contribution >= 4 is 25.6 Å². The van der Waals surface area contributed by atoms with E-state index in [-0.39, 0.29) is 13.2 Å². The third kappa shape index (κ3) is 11.6. The molecule has 31 heavy (non-hydrogen) atoms. The van der Waals surface area contributed by atoms with Crippen molar-refractivity contribution in [2.24, 2.45) is 0 Å². The van der Waals surface area contributed by atoms with Crippen molar-refractivity contribution in [1.82, 2.24) is 10.6 Å². The predicted molar refractivity (Wildman–Crippen MR) is 110 cm³/mol. The standard InChI is InChI=1S/C19H29N2O9P/c1-13(22)20-15(11-28-19(2,3)4)17(23)21-16(18(24)25)12-30-31(26,27)29-10-14-8-6-5-7-9-14/h5-9,15-16H,10-12H2,1-4H3,(H,20,22)(H,21,23)(H,24,25)(H,26,27). The minimum Gasteiger partial charge on any atom is -0.480 e. The maximum Gasteiger partial charge on any atom is 0.472 e. The predicted octanol–water partition coefficient (Wildman–Crippen LogP) is 1.21. The zero-order valence-electron chi connectivity index (χ0n) is 17.9. The minimum atomic E-state index is -4.59. The van der Waals surface area contributed by atoms with Crippen LogP contribution in [0, 0.1) is 0 Å². The molecular formula is C19H29N2O9P. The molecule has 1 rings (SSSR count). The van der Waals surface area contributed by atoms with Crippen molar-refractivity contribution in [3.05, 3.63) is 35.9 Å². The Morgan fingerprint density at radius 3 is 2.16 bits per heavy atom. The summed E-state index contributed by atoms with van der Waals surface area (Å²) in [4.78, 5) is 45.1. The highest BCUT2D eigenvalue weighted by atomic mass is 31.2. The Hall–Kier alpha value is -2.30. The van der Waals surface area contributed by atoms with Crippen molar-refractivity contribution in [3.8, 4) is 0 Å². The number of ether oxygens (including phenoxy) is 1. The number of carbonyl (C=O) groups excluding carboxylic acids is 2. The molecule has 0 saturated heterocycles.